The molecule has 0 amide bonds. The zero-order valence-electron chi connectivity index (χ0n) is 23.8. The van der Waals surface area contributed by atoms with Crippen molar-refractivity contribution in [2.24, 2.45) is 23.7 Å². The Morgan fingerprint density at radius 2 is 1.73 bits per heavy atom. The number of esters is 1. The van der Waals surface area contributed by atoms with E-state index in [1.165, 1.54) is 26.0 Å². The third kappa shape index (κ3) is 7.69. The van der Waals surface area contributed by atoms with Crippen LogP contribution >= 0.6 is 0 Å². The zero-order valence-corrected chi connectivity index (χ0v) is 23.8. The number of aliphatic hydroxyl groups excluding tert-OH is 1. The summed E-state index contributed by atoms with van der Waals surface area (Å²) in [6, 6.07) is -0.188. The van der Waals surface area contributed by atoms with Crippen molar-refractivity contribution in [2.45, 2.75) is 110 Å². The predicted octanol–water partition coefficient (Wildman–Crippen LogP) is 2.51. The number of cyclic esters (lactones) is 1. The Labute approximate surface area is 221 Å². The molecule has 2 N–H and O–H groups in total. The molecule has 0 radical (unpaired) electrons. The number of ether oxygens (including phenoxy) is 3. The summed E-state index contributed by atoms with van der Waals surface area (Å²) in [7, 11) is 3.77. The highest BCUT2D eigenvalue weighted by Gasteiger charge is 2.44. The van der Waals surface area contributed by atoms with Crippen LogP contribution in [-0.4, -0.2) is 89.1 Å². The molecule has 0 spiro atoms. The topological polar surface area (TPSA) is 123 Å². The molecule has 9 nitrogen and oxygen atoms in total. The highest BCUT2D eigenvalue weighted by Crippen LogP contribution is 2.32. The number of rotatable bonds is 4. The fourth-order valence-electron chi connectivity index (χ4n) is 5.42. The first-order valence-corrected chi connectivity index (χ1v) is 13.5. The van der Waals surface area contributed by atoms with Crippen LogP contribution in [0.5, 0.6) is 0 Å². The van der Waals surface area contributed by atoms with Crippen molar-refractivity contribution in [2.75, 3.05) is 14.1 Å². The number of carbonyl (C=O) groups is 3. The highest BCUT2D eigenvalue weighted by molar-refractivity contribution is 6.00. The third-order valence-corrected chi connectivity index (χ3v) is 7.93. The molecule has 212 valence electrons. The average molecular weight is 526 g/mol. The minimum Gasteiger partial charge on any atom is -0.458 e. The molecule has 37 heavy (non-hydrogen) atoms. The fourth-order valence-corrected chi connectivity index (χ4v) is 5.42. The summed E-state index contributed by atoms with van der Waals surface area (Å²) in [5, 5.41) is 21.9. The van der Waals surface area contributed by atoms with Gasteiger partial charge in [-0.05, 0) is 72.2 Å². The molecule has 1 fully saturated rings. The molecule has 1 unspecified atom stereocenters. The van der Waals surface area contributed by atoms with Gasteiger partial charge >= 0.3 is 5.97 Å². The van der Waals surface area contributed by atoms with E-state index >= 15 is 0 Å². The van der Waals surface area contributed by atoms with E-state index in [1.54, 1.807) is 20.8 Å². The molecule has 2 aliphatic heterocycles. The van der Waals surface area contributed by atoms with Crippen molar-refractivity contribution < 1.29 is 38.8 Å². The van der Waals surface area contributed by atoms with E-state index in [0.717, 1.165) is 0 Å². The van der Waals surface area contributed by atoms with Crippen molar-refractivity contribution in [3.05, 3.63) is 12.2 Å². The van der Waals surface area contributed by atoms with Gasteiger partial charge in [-0.25, -0.2) is 0 Å². The molecular weight excluding hydrogens is 478 g/mol. The van der Waals surface area contributed by atoms with Crippen LogP contribution in [0.2, 0.25) is 0 Å². The lowest BCUT2D eigenvalue weighted by atomic mass is 9.80. The summed E-state index contributed by atoms with van der Waals surface area (Å²) in [6.45, 7) is 12.0. The van der Waals surface area contributed by atoms with Gasteiger partial charge in [-0.1, -0.05) is 27.7 Å². The van der Waals surface area contributed by atoms with Crippen LogP contribution in [0, 0.1) is 23.7 Å². The lowest BCUT2D eigenvalue weighted by Crippen LogP contribution is -2.56. The Morgan fingerprint density at radius 1 is 1.11 bits per heavy atom. The monoisotopic (exact) mass is 525 g/mol. The number of carbonyl (C=O) groups excluding carboxylic acids is 3. The van der Waals surface area contributed by atoms with Crippen LogP contribution in [0.1, 0.15) is 67.7 Å². The average Bonchev–Trinajstić information content (AvgIpc) is 2.83. The summed E-state index contributed by atoms with van der Waals surface area (Å²) in [6.07, 6.45) is 0.318. The van der Waals surface area contributed by atoms with Crippen LogP contribution in [-0.2, 0) is 28.6 Å². The summed E-state index contributed by atoms with van der Waals surface area (Å²) in [5.41, 5.74) is -1.57. The minimum absolute atomic E-state index is 0.168. The molecule has 0 aromatic carbocycles. The number of hydrogen-bond acceptors (Lipinski definition) is 9. The lowest BCUT2D eigenvalue weighted by Gasteiger charge is -2.43. The van der Waals surface area contributed by atoms with Crippen molar-refractivity contribution in [3.63, 3.8) is 0 Å². The first kappa shape index (κ1) is 31.6. The quantitative estimate of drug-likeness (QED) is 0.421. The van der Waals surface area contributed by atoms with Crippen LogP contribution in [0.15, 0.2) is 12.2 Å². The SMILES string of the molecule is CC[C@H]1OC(=O)[C@H](C)C(=O)[C@H](C)[C@@H](OC2O[C@H](C)C[C@H](N(C)C)[C@H]2O)[C@@H](C)C[C@@H](C)C(=O)C=C[C@]1(C)O. The Morgan fingerprint density at radius 3 is 2.30 bits per heavy atom. The molecule has 2 heterocycles. The molecule has 0 saturated carbocycles. The maximum Gasteiger partial charge on any atom is 0.316 e. The van der Waals surface area contributed by atoms with Gasteiger partial charge in [-0.15, -0.1) is 0 Å². The van der Waals surface area contributed by atoms with E-state index in [1.807, 2.05) is 32.8 Å². The van der Waals surface area contributed by atoms with Gasteiger partial charge in [0.2, 0.25) is 0 Å². The second-order valence-corrected chi connectivity index (χ2v) is 11.5. The first-order valence-electron chi connectivity index (χ1n) is 13.5. The van der Waals surface area contributed by atoms with Crippen molar-refractivity contribution in [1.29, 1.82) is 0 Å². The van der Waals surface area contributed by atoms with Crippen molar-refractivity contribution >= 4 is 17.5 Å². The number of hydrogen-bond donors (Lipinski definition) is 2. The van der Waals surface area contributed by atoms with Gasteiger partial charge in [-0.3, -0.25) is 14.4 Å². The van der Waals surface area contributed by atoms with E-state index in [4.69, 9.17) is 14.2 Å². The maximum absolute atomic E-state index is 13.5. The molecule has 2 rings (SSSR count). The Kier molecular flexibility index (Phi) is 11.0. The summed E-state index contributed by atoms with van der Waals surface area (Å²) in [5.74, 6) is -3.83. The number of Topliss-reactive ketones (excluding diaryl/α,β-unsaturated/α-hetero) is 1. The second-order valence-electron chi connectivity index (χ2n) is 11.5. The lowest BCUT2D eigenvalue weighted by molar-refractivity contribution is -0.278. The van der Waals surface area contributed by atoms with Crippen molar-refractivity contribution in [3.8, 4) is 0 Å². The summed E-state index contributed by atoms with van der Waals surface area (Å²) < 4.78 is 17.9. The van der Waals surface area contributed by atoms with E-state index in [2.05, 4.69) is 0 Å². The zero-order chi connectivity index (χ0) is 28.2. The predicted molar refractivity (Wildman–Crippen MR) is 139 cm³/mol. The molecule has 9 heteroatoms. The maximum atomic E-state index is 13.5. The largest absolute Gasteiger partial charge is 0.458 e. The second kappa shape index (κ2) is 12.9. The molecular formula is C28H47NO8. The number of ketones is 2. The molecule has 0 aliphatic carbocycles. The fraction of sp³-hybridized carbons (Fsp3) is 0.821. The van der Waals surface area contributed by atoms with E-state index in [9.17, 15) is 24.6 Å². The normalized spacial score (nSPS) is 43.0. The van der Waals surface area contributed by atoms with Crippen LogP contribution in [0.3, 0.4) is 0 Å². The Balaban J connectivity index is 2.44. The smallest absolute Gasteiger partial charge is 0.316 e. The molecule has 1 saturated heterocycles. The number of nitrogens with zero attached hydrogens (tertiary/aromatic N) is 1. The molecule has 0 bridgehead atoms. The number of allylic oxidation sites excluding steroid dienone is 1. The van der Waals surface area contributed by atoms with Gasteiger partial charge in [-0.2, -0.15) is 0 Å². The number of aliphatic hydroxyl groups is 2. The van der Waals surface area contributed by atoms with Gasteiger partial charge in [0, 0.05) is 17.9 Å². The summed E-state index contributed by atoms with van der Waals surface area (Å²) in [4.78, 5) is 41.3. The van der Waals surface area contributed by atoms with Gasteiger partial charge in [0.05, 0.1) is 12.2 Å². The first-order chi connectivity index (χ1) is 17.1. The number of likely N-dealkylation sites (N-methyl/N-ethyl adjacent to an activating group) is 1. The Bertz CT molecular complexity index is 840. The van der Waals surface area contributed by atoms with Crippen LogP contribution in [0.25, 0.3) is 0 Å². The third-order valence-electron chi connectivity index (χ3n) is 7.93. The van der Waals surface area contributed by atoms with Gasteiger partial charge < -0.3 is 29.3 Å². The van der Waals surface area contributed by atoms with E-state index in [-0.39, 0.29) is 29.6 Å². The van der Waals surface area contributed by atoms with Gasteiger partial charge in [0.25, 0.3) is 0 Å². The Hall–Kier alpha value is -1.65. The molecule has 11 atom stereocenters. The van der Waals surface area contributed by atoms with Gasteiger partial charge in [0.1, 0.15) is 23.7 Å². The molecule has 0 aromatic heterocycles. The minimum atomic E-state index is -1.57. The van der Waals surface area contributed by atoms with E-state index in [0.29, 0.717) is 19.3 Å². The van der Waals surface area contributed by atoms with E-state index < -0.39 is 53.9 Å². The van der Waals surface area contributed by atoms with Crippen LogP contribution in [0.4, 0.5) is 0 Å². The highest BCUT2D eigenvalue weighted by atomic mass is 16.7. The van der Waals surface area contributed by atoms with Crippen LogP contribution < -0.4 is 0 Å². The molecule has 2 aliphatic rings. The van der Waals surface area contributed by atoms with Gasteiger partial charge in [0.15, 0.2) is 17.9 Å². The summed E-state index contributed by atoms with van der Waals surface area (Å²) >= 11 is 0. The van der Waals surface area contributed by atoms with Crippen molar-refractivity contribution in [1.82, 2.24) is 4.90 Å². The molecule has 0 aromatic rings. The standard InChI is InChI=1S/C28H47NO8/c1-10-22-28(7,34)12-11-21(30)15(2)13-16(3)25(18(5)23(31)19(6)26(33)36-22)37-27-24(32)20(29(8)9)14-17(4)35-27/h11-12,15-20,22,24-25,27,32,34H,10,13-14H2,1-9H3/t15-,16+,17-,18+,19-,20+,22-,24-,25+,27?,28+/m1/s1.